The minimum atomic E-state index is 0.0707. The van der Waals surface area contributed by atoms with Gasteiger partial charge in [0, 0.05) is 13.1 Å². The molecule has 1 amide bonds. The van der Waals surface area contributed by atoms with Gasteiger partial charge in [-0.1, -0.05) is 0 Å². The van der Waals surface area contributed by atoms with Crippen LogP contribution in [0.15, 0.2) is 12.4 Å². The van der Waals surface area contributed by atoms with E-state index in [1.807, 2.05) is 7.05 Å². The van der Waals surface area contributed by atoms with Crippen LogP contribution in [0.5, 0.6) is 5.75 Å². The molecule has 0 aliphatic heterocycles. The van der Waals surface area contributed by atoms with Crippen LogP contribution in [0.2, 0.25) is 0 Å². The quantitative estimate of drug-likeness (QED) is 0.766. The molecule has 0 saturated heterocycles. The molecule has 1 fully saturated rings. The van der Waals surface area contributed by atoms with Gasteiger partial charge in [0.2, 0.25) is 5.91 Å². The Morgan fingerprint density at radius 1 is 1.73 bits per heavy atom. The Morgan fingerprint density at radius 2 is 2.53 bits per heavy atom. The summed E-state index contributed by atoms with van der Waals surface area (Å²) >= 11 is 0. The van der Waals surface area contributed by atoms with E-state index in [9.17, 15) is 4.79 Å². The molecule has 0 radical (unpaired) electrons. The van der Waals surface area contributed by atoms with Crippen molar-refractivity contribution in [2.45, 2.75) is 25.3 Å². The minimum Gasteiger partial charge on any atom is -0.490 e. The molecule has 2 rings (SSSR count). The first-order valence-corrected chi connectivity index (χ1v) is 5.15. The van der Waals surface area contributed by atoms with E-state index in [4.69, 9.17) is 4.74 Å². The number of amides is 1. The molecule has 1 N–H and O–H groups in total. The second-order valence-electron chi connectivity index (χ2n) is 3.79. The highest BCUT2D eigenvalue weighted by Crippen LogP contribution is 2.18. The summed E-state index contributed by atoms with van der Waals surface area (Å²) in [7, 11) is 1.83. The third-order valence-corrected chi connectivity index (χ3v) is 2.22. The summed E-state index contributed by atoms with van der Waals surface area (Å²) in [5.41, 5.74) is 0. The number of nitrogens with one attached hydrogen (secondary N) is 1. The van der Waals surface area contributed by atoms with Gasteiger partial charge in [-0.05, 0) is 12.8 Å². The molecule has 5 nitrogen and oxygen atoms in total. The van der Waals surface area contributed by atoms with E-state index in [0.717, 1.165) is 12.8 Å². The molecule has 1 aromatic heterocycles. The normalized spacial score (nSPS) is 15.0. The Bertz CT molecular complexity index is 344. The second-order valence-corrected chi connectivity index (χ2v) is 3.79. The number of carbonyl (C=O) groups is 1. The summed E-state index contributed by atoms with van der Waals surface area (Å²) in [5, 5.41) is 6.87. The molecule has 1 aliphatic carbocycles. The highest BCUT2D eigenvalue weighted by atomic mass is 16.5. The van der Waals surface area contributed by atoms with Crippen molar-refractivity contribution in [2.75, 3.05) is 6.61 Å². The van der Waals surface area contributed by atoms with Gasteiger partial charge in [0.25, 0.3) is 0 Å². The van der Waals surface area contributed by atoms with E-state index in [1.54, 1.807) is 17.1 Å². The van der Waals surface area contributed by atoms with Crippen molar-refractivity contribution in [3.05, 3.63) is 12.4 Å². The predicted octanol–water partition coefficient (Wildman–Crippen LogP) is 0.468. The number of carbonyl (C=O) groups excluding carboxylic acids is 1. The second kappa shape index (κ2) is 4.33. The smallest absolute Gasteiger partial charge is 0.223 e. The topological polar surface area (TPSA) is 56.1 Å². The van der Waals surface area contributed by atoms with Crippen molar-refractivity contribution in [3.63, 3.8) is 0 Å². The van der Waals surface area contributed by atoms with Crippen molar-refractivity contribution in [1.82, 2.24) is 15.1 Å². The monoisotopic (exact) mass is 209 g/mol. The zero-order valence-corrected chi connectivity index (χ0v) is 8.77. The van der Waals surface area contributed by atoms with Crippen LogP contribution in [-0.2, 0) is 11.8 Å². The maximum atomic E-state index is 11.3. The van der Waals surface area contributed by atoms with Crippen LogP contribution in [-0.4, -0.2) is 28.3 Å². The molecule has 0 atom stereocenters. The molecule has 1 saturated carbocycles. The molecular formula is C10H15N3O2. The third-order valence-electron chi connectivity index (χ3n) is 2.22. The highest BCUT2D eigenvalue weighted by Gasteiger charge is 2.22. The Labute approximate surface area is 88.4 Å². The van der Waals surface area contributed by atoms with Gasteiger partial charge in [-0.2, -0.15) is 5.10 Å². The van der Waals surface area contributed by atoms with E-state index >= 15 is 0 Å². The first-order chi connectivity index (χ1) is 7.24. The van der Waals surface area contributed by atoms with Gasteiger partial charge < -0.3 is 10.1 Å². The standard InChI is InChI=1S/C10H15N3O2/c1-13-7-9(6-11-13)15-5-4-10(14)12-8-2-3-8/h6-8H,2-5H2,1H3,(H,12,14). The summed E-state index contributed by atoms with van der Waals surface area (Å²) < 4.78 is 7.02. The zero-order chi connectivity index (χ0) is 10.7. The lowest BCUT2D eigenvalue weighted by molar-refractivity contribution is -0.121. The molecule has 82 valence electrons. The van der Waals surface area contributed by atoms with Crippen LogP contribution < -0.4 is 10.1 Å². The van der Waals surface area contributed by atoms with Gasteiger partial charge in [-0.15, -0.1) is 0 Å². The van der Waals surface area contributed by atoms with Crippen LogP contribution in [0.25, 0.3) is 0 Å². The third kappa shape index (κ3) is 3.27. The Kier molecular flexibility index (Phi) is 2.89. The molecule has 0 aromatic carbocycles. The first kappa shape index (κ1) is 10.0. The number of aromatic nitrogens is 2. The molecule has 15 heavy (non-hydrogen) atoms. The Balaban J connectivity index is 1.63. The largest absolute Gasteiger partial charge is 0.490 e. The van der Waals surface area contributed by atoms with Gasteiger partial charge in [0.15, 0.2) is 5.75 Å². The van der Waals surface area contributed by atoms with Crippen LogP contribution >= 0.6 is 0 Å². The number of aryl methyl sites for hydroxylation is 1. The molecule has 0 spiro atoms. The van der Waals surface area contributed by atoms with Crippen LogP contribution in [0.3, 0.4) is 0 Å². The van der Waals surface area contributed by atoms with Crippen LogP contribution in [0.4, 0.5) is 0 Å². The molecule has 5 heteroatoms. The van der Waals surface area contributed by atoms with Crippen LogP contribution in [0, 0.1) is 0 Å². The summed E-state index contributed by atoms with van der Waals surface area (Å²) in [4.78, 5) is 11.3. The van der Waals surface area contributed by atoms with Crippen molar-refractivity contribution in [3.8, 4) is 5.75 Å². The zero-order valence-electron chi connectivity index (χ0n) is 8.77. The lowest BCUT2D eigenvalue weighted by atomic mass is 10.4. The molecule has 1 aromatic rings. The fraction of sp³-hybridized carbons (Fsp3) is 0.600. The lowest BCUT2D eigenvalue weighted by Gasteiger charge is -2.03. The van der Waals surface area contributed by atoms with E-state index in [1.165, 1.54) is 0 Å². The van der Waals surface area contributed by atoms with E-state index in [-0.39, 0.29) is 5.91 Å². The fourth-order valence-electron chi connectivity index (χ4n) is 1.26. The van der Waals surface area contributed by atoms with E-state index < -0.39 is 0 Å². The summed E-state index contributed by atoms with van der Waals surface area (Å²) in [6, 6.07) is 0.427. The van der Waals surface area contributed by atoms with E-state index in [0.29, 0.717) is 24.8 Å². The summed E-state index contributed by atoms with van der Waals surface area (Å²) in [5.74, 6) is 0.776. The van der Waals surface area contributed by atoms with Gasteiger partial charge in [-0.25, -0.2) is 0 Å². The number of ether oxygens (including phenoxy) is 1. The van der Waals surface area contributed by atoms with Gasteiger partial charge in [-0.3, -0.25) is 9.48 Å². The first-order valence-electron chi connectivity index (χ1n) is 5.15. The van der Waals surface area contributed by atoms with Gasteiger partial charge >= 0.3 is 0 Å². The molecule has 0 unspecified atom stereocenters. The van der Waals surface area contributed by atoms with Crippen molar-refractivity contribution in [2.24, 2.45) is 7.05 Å². The average molecular weight is 209 g/mol. The maximum Gasteiger partial charge on any atom is 0.223 e. The Hall–Kier alpha value is -1.52. The summed E-state index contributed by atoms with van der Waals surface area (Å²) in [6.07, 6.45) is 6.06. The SMILES string of the molecule is Cn1cc(OCCC(=O)NC2CC2)cn1. The highest BCUT2D eigenvalue weighted by molar-refractivity contribution is 5.76. The molecule has 1 heterocycles. The Morgan fingerprint density at radius 3 is 3.13 bits per heavy atom. The van der Waals surface area contributed by atoms with Crippen molar-refractivity contribution < 1.29 is 9.53 Å². The van der Waals surface area contributed by atoms with E-state index in [2.05, 4.69) is 10.4 Å². The van der Waals surface area contributed by atoms with Gasteiger partial charge in [0.05, 0.1) is 25.4 Å². The number of rotatable bonds is 5. The average Bonchev–Trinajstić information content (AvgIpc) is 2.89. The predicted molar refractivity (Wildman–Crippen MR) is 54.5 cm³/mol. The van der Waals surface area contributed by atoms with Crippen molar-refractivity contribution >= 4 is 5.91 Å². The molecule has 1 aliphatic rings. The maximum absolute atomic E-state index is 11.3. The lowest BCUT2D eigenvalue weighted by Crippen LogP contribution is -2.26. The van der Waals surface area contributed by atoms with Crippen LogP contribution in [0.1, 0.15) is 19.3 Å². The number of nitrogens with zero attached hydrogens (tertiary/aromatic N) is 2. The van der Waals surface area contributed by atoms with Crippen molar-refractivity contribution in [1.29, 1.82) is 0 Å². The molecular weight excluding hydrogens is 194 g/mol. The van der Waals surface area contributed by atoms with Gasteiger partial charge in [0.1, 0.15) is 0 Å². The number of hydrogen-bond acceptors (Lipinski definition) is 3. The fourth-order valence-corrected chi connectivity index (χ4v) is 1.26. The number of hydrogen-bond donors (Lipinski definition) is 1. The molecule has 0 bridgehead atoms. The minimum absolute atomic E-state index is 0.0707. The summed E-state index contributed by atoms with van der Waals surface area (Å²) in [6.45, 7) is 0.407.